The van der Waals surface area contributed by atoms with Crippen LogP contribution in [0.1, 0.15) is 31.9 Å². The summed E-state index contributed by atoms with van der Waals surface area (Å²) in [5, 5.41) is 0. The van der Waals surface area contributed by atoms with Crippen molar-refractivity contribution in [1.82, 2.24) is 4.90 Å². The number of allylic oxidation sites excluding steroid dienone is 1. The zero-order valence-electron chi connectivity index (χ0n) is 9.56. The van der Waals surface area contributed by atoms with Gasteiger partial charge in [0, 0.05) is 18.6 Å². The molecule has 1 aliphatic rings. The molecule has 0 aromatic heterocycles. The van der Waals surface area contributed by atoms with Gasteiger partial charge in [-0.05, 0) is 25.8 Å². The van der Waals surface area contributed by atoms with Gasteiger partial charge in [-0.1, -0.05) is 42.5 Å². The molecule has 15 heavy (non-hydrogen) atoms. The van der Waals surface area contributed by atoms with Gasteiger partial charge in [0.25, 0.3) is 0 Å². The van der Waals surface area contributed by atoms with Crippen molar-refractivity contribution in [2.45, 2.75) is 32.4 Å². The summed E-state index contributed by atoms with van der Waals surface area (Å²) in [4.78, 5) is 2.55. The molecule has 80 valence electrons. The molecule has 0 amide bonds. The van der Waals surface area contributed by atoms with Crippen LogP contribution in [0.15, 0.2) is 42.5 Å². The first kappa shape index (κ1) is 10.4. The lowest BCUT2D eigenvalue weighted by atomic mass is 10.1. The van der Waals surface area contributed by atoms with E-state index in [1.54, 1.807) is 0 Å². The highest BCUT2D eigenvalue weighted by atomic mass is 15.3. The van der Waals surface area contributed by atoms with Crippen LogP contribution in [0.5, 0.6) is 0 Å². The van der Waals surface area contributed by atoms with Gasteiger partial charge in [0.1, 0.15) is 0 Å². The standard InChI is InChI=1S/C14H19N/c1-3-4-10-14-11-15(14)12(2)13-8-6-5-7-9-13/h3-9,12,14H,10-11H2,1-2H3/b4-3+. The third-order valence-corrected chi connectivity index (χ3v) is 3.18. The van der Waals surface area contributed by atoms with E-state index in [2.05, 4.69) is 61.2 Å². The second-order valence-corrected chi connectivity index (χ2v) is 4.24. The van der Waals surface area contributed by atoms with Crippen molar-refractivity contribution in [2.75, 3.05) is 6.54 Å². The topological polar surface area (TPSA) is 3.01 Å². The van der Waals surface area contributed by atoms with Crippen LogP contribution in [-0.2, 0) is 0 Å². The molecule has 0 N–H and O–H groups in total. The number of hydrogen-bond acceptors (Lipinski definition) is 1. The predicted octanol–water partition coefficient (Wildman–Crippen LogP) is 3.40. The van der Waals surface area contributed by atoms with E-state index < -0.39 is 0 Å². The van der Waals surface area contributed by atoms with Crippen LogP contribution in [0.3, 0.4) is 0 Å². The Balaban J connectivity index is 1.91. The molecule has 1 heteroatoms. The summed E-state index contributed by atoms with van der Waals surface area (Å²) >= 11 is 0. The summed E-state index contributed by atoms with van der Waals surface area (Å²) in [7, 11) is 0. The van der Waals surface area contributed by atoms with Gasteiger partial charge in [-0.2, -0.15) is 0 Å². The van der Waals surface area contributed by atoms with Gasteiger partial charge >= 0.3 is 0 Å². The van der Waals surface area contributed by atoms with Crippen LogP contribution in [0.4, 0.5) is 0 Å². The Labute approximate surface area is 92.4 Å². The molecule has 3 unspecified atom stereocenters. The molecule has 0 bridgehead atoms. The van der Waals surface area contributed by atoms with Crippen LogP contribution < -0.4 is 0 Å². The second kappa shape index (κ2) is 4.63. The first-order valence-corrected chi connectivity index (χ1v) is 5.74. The summed E-state index contributed by atoms with van der Waals surface area (Å²) in [6.07, 6.45) is 5.61. The molecular formula is C14H19N. The minimum absolute atomic E-state index is 0.571. The van der Waals surface area contributed by atoms with Gasteiger partial charge in [-0.15, -0.1) is 0 Å². The molecule has 0 spiro atoms. The summed E-state index contributed by atoms with van der Waals surface area (Å²) in [5.41, 5.74) is 1.43. The Bertz CT molecular complexity index is 328. The molecule has 1 fully saturated rings. The third-order valence-electron chi connectivity index (χ3n) is 3.18. The highest BCUT2D eigenvalue weighted by Gasteiger charge is 2.36. The van der Waals surface area contributed by atoms with Crippen molar-refractivity contribution >= 4 is 0 Å². The van der Waals surface area contributed by atoms with Crippen molar-refractivity contribution in [3.05, 3.63) is 48.0 Å². The van der Waals surface area contributed by atoms with E-state index in [0.717, 1.165) is 6.04 Å². The molecule has 0 aliphatic carbocycles. The van der Waals surface area contributed by atoms with Crippen LogP contribution >= 0.6 is 0 Å². The molecule has 1 saturated heterocycles. The number of hydrogen-bond donors (Lipinski definition) is 0. The lowest BCUT2D eigenvalue weighted by molar-refractivity contribution is 0.406. The molecule has 2 rings (SSSR count). The number of rotatable bonds is 4. The van der Waals surface area contributed by atoms with Crippen LogP contribution in [0.2, 0.25) is 0 Å². The Hall–Kier alpha value is -1.08. The Morgan fingerprint density at radius 2 is 2.13 bits per heavy atom. The van der Waals surface area contributed by atoms with Crippen LogP contribution in [-0.4, -0.2) is 17.5 Å². The highest BCUT2D eigenvalue weighted by Crippen LogP contribution is 2.33. The highest BCUT2D eigenvalue weighted by molar-refractivity contribution is 5.20. The molecule has 1 nitrogen and oxygen atoms in total. The fourth-order valence-corrected chi connectivity index (χ4v) is 2.10. The smallest absolute Gasteiger partial charge is 0.0324 e. The van der Waals surface area contributed by atoms with Gasteiger partial charge in [0.15, 0.2) is 0 Å². The normalized spacial score (nSPS) is 26.8. The fourth-order valence-electron chi connectivity index (χ4n) is 2.10. The molecule has 0 radical (unpaired) electrons. The minimum atomic E-state index is 0.571. The quantitative estimate of drug-likeness (QED) is 0.533. The largest absolute Gasteiger partial charge is 0.291 e. The zero-order chi connectivity index (χ0) is 10.7. The maximum Gasteiger partial charge on any atom is 0.0324 e. The monoisotopic (exact) mass is 201 g/mol. The summed E-state index contributed by atoms with van der Waals surface area (Å²) in [6.45, 7) is 5.64. The molecule has 1 heterocycles. The first-order valence-electron chi connectivity index (χ1n) is 5.74. The van der Waals surface area contributed by atoms with Crippen molar-refractivity contribution in [2.24, 2.45) is 0 Å². The van der Waals surface area contributed by atoms with Gasteiger partial charge in [-0.25, -0.2) is 0 Å². The average Bonchev–Trinajstić information content (AvgIpc) is 3.06. The van der Waals surface area contributed by atoms with Crippen molar-refractivity contribution in [3.63, 3.8) is 0 Å². The third kappa shape index (κ3) is 2.48. The average molecular weight is 201 g/mol. The minimum Gasteiger partial charge on any atom is -0.291 e. The molecule has 1 aliphatic heterocycles. The van der Waals surface area contributed by atoms with Gasteiger partial charge in [0.2, 0.25) is 0 Å². The van der Waals surface area contributed by atoms with E-state index in [1.807, 2.05) is 0 Å². The number of nitrogens with zero attached hydrogens (tertiary/aromatic N) is 1. The molecule has 3 atom stereocenters. The van der Waals surface area contributed by atoms with E-state index in [-0.39, 0.29) is 0 Å². The van der Waals surface area contributed by atoms with E-state index in [4.69, 9.17) is 0 Å². The summed E-state index contributed by atoms with van der Waals surface area (Å²) < 4.78 is 0. The van der Waals surface area contributed by atoms with Gasteiger partial charge in [-0.3, -0.25) is 4.90 Å². The van der Waals surface area contributed by atoms with E-state index in [0.29, 0.717) is 6.04 Å². The lowest BCUT2D eigenvalue weighted by Crippen LogP contribution is -2.07. The van der Waals surface area contributed by atoms with E-state index in [1.165, 1.54) is 18.5 Å². The van der Waals surface area contributed by atoms with Crippen molar-refractivity contribution < 1.29 is 0 Å². The summed E-state index contributed by atoms with van der Waals surface area (Å²) in [6, 6.07) is 12.1. The zero-order valence-corrected chi connectivity index (χ0v) is 9.56. The SMILES string of the molecule is C/C=C/CC1CN1C(C)c1ccccc1. The van der Waals surface area contributed by atoms with Gasteiger partial charge < -0.3 is 0 Å². The Morgan fingerprint density at radius 1 is 1.40 bits per heavy atom. The first-order chi connectivity index (χ1) is 7.33. The van der Waals surface area contributed by atoms with Gasteiger partial charge in [0.05, 0.1) is 0 Å². The predicted molar refractivity (Wildman–Crippen MR) is 64.8 cm³/mol. The lowest BCUT2D eigenvalue weighted by Gasteiger charge is -2.13. The Kier molecular flexibility index (Phi) is 3.22. The maximum absolute atomic E-state index is 2.55. The Morgan fingerprint density at radius 3 is 2.80 bits per heavy atom. The van der Waals surface area contributed by atoms with E-state index >= 15 is 0 Å². The van der Waals surface area contributed by atoms with E-state index in [9.17, 15) is 0 Å². The maximum atomic E-state index is 2.55. The molecule has 1 aromatic carbocycles. The number of benzene rings is 1. The molecular weight excluding hydrogens is 182 g/mol. The van der Waals surface area contributed by atoms with Crippen LogP contribution in [0, 0.1) is 0 Å². The van der Waals surface area contributed by atoms with Crippen LogP contribution in [0.25, 0.3) is 0 Å². The molecule has 0 saturated carbocycles. The molecule has 1 aromatic rings. The fraction of sp³-hybridized carbons (Fsp3) is 0.429. The second-order valence-electron chi connectivity index (χ2n) is 4.24. The van der Waals surface area contributed by atoms with Crippen molar-refractivity contribution in [1.29, 1.82) is 0 Å². The summed E-state index contributed by atoms with van der Waals surface area (Å²) in [5.74, 6) is 0. The van der Waals surface area contributed by atoms with Crippen molar-refractivity contribution in [3.8, 4) is 0 Å².